The first-order valence-electron chi connectivity index (χ1n) is 5.38. The second-order valence-corrected chi connectivity index (χ2v) is 5.49. The van der Waals surface area contributed by atoms with Crippen molar-refractivity contribution in [1.82, 2.24) is 15.0 Å². The molecule has 0 unspecified atom stereocenters. The average molecular weight is 390 g/mol. The van der Waals surface area contributed by atoms with Gasteiger partial charge < -0.3 is 10.4 Å². The second kappa shape index (κ2) is 6.16. The van der Waals surface area contributed by atoms with Gasteiger partial charge in [-0.1, -0.05) is 21.1 Å². The summed E-state index contributed by atoms with van der Waals surface area (Å²) in [6.45, 7) is 1.14. The first kappa shape index (κ1) is 14.0. The number of aromatic nitrogens is 3. The summed E-state index contributed by atoms with van der Waals surface area (Å²) in [7, 11) is 0. The zero-order valence-corrected chi connectivity index (χ0v) is 12.8. The highest BCUT2D eigenvalue weighted by molar-refractivity contribution is 9.11. The molecular weight excluding hydrogens is 380 g/mol. The quantitative estimate of drug-likeness (QED) is 0.821. The van der Waals surface area contributed by atoms with E-state index < -0.39 is 5.97 Å². The maximum atomic E-state index is 10.6. The van der Waals surface area contributed by atoms with Crippen LogP contribution in [0, 0.1) is 0 Å². The number of halogens is 2. The molecule has 1 heterocycles. The van der Waals surface area contributed by atoms with E-state index in [1.54, 1.807) is 0 Å². The van der Waals surface area contributed by atoms with E-state index in [0.717, 1.165) is 14.6 Å². The summed E-state index contributed by atoms with van der Waals surface area (Å²) in [4.78, 5) is 10.6. The number of hydrogen-bond donors (Lipinski definition) is 2. The monoisotopic (exact) mass is 388 g/mol. The summed E-state index contributed by atoms with van der Waals surface area (Å²) in [6.07, 6.45) is 1.40. The Labute approximate surface area is 126 Å². The van der Waals surface area contributed by atoms with Gasteiger partial charge in [-0.3, -0.25) is 0 Å². The van der Waals surface area contributed by atoms with Crippen LogP contribution in [0.3, 0.4) is 0 Å². The average Bonchev–Trinajstić information content (AvgIpc) is 2.81. The molecule has 0 atom stereocenters. The van der Waals surface area contributed by atoms with Gasteiger partial charge >= 0.3 is 5.97 Å². The van der Waals surface area contributed by atoms with Crippen LogP contribution in [-0.4, -0.2) is 32.6 Å². The summed E-state index contributed by atoms with van der Waals surface area (Å²) >= 11 is 6.83. The van der Waals surface area contributed by atoms with Gasteiger partial charge in [0.1, 0.15) is 0 Å². The lowest BCUT2D eigenvalue weighted by Gasteiger charge is -2.08. The van der Waals surface area contributed by atoms with Gasteiger partial charge in [0.15, 0.2) is 5.69 Å². The molecule has 0 aliphatic heterocycles. The SMILES string of the molecule is O=C(O)c1cn(CCNc2ccc(Br)cc2Br)nn1. The van der Waals surface area contributed by atoms with Crippen molar-refractivity contribution in [2.45, 2.75) is 6.54 Å². The number of carbonyl (C=O) groups is 1. The Hall–Kier alpha value is -1.41. The van der Waals surface area contributed by atoms with Crippen molar-refractivity contribution >= 4 is 43.5 Å². The van der Waals surface area contributed by atoms with E-state index in [1.165, 1.54) is 10.9 Å². The molecule has 1 aromatic heterocycles. The molecule has 1 aromatic carbocycles. The third-order valence-corrected chi connectivity index (χ3v) is 3.49. The van der Waals surface area contributed by atoms with E-state index >= 15 is 0 Å². The van der Waals surface area contributed by atoms with Crippen LogP contribution in [0.2, 0.25) is 0 Å². The first-order valence-corrected chi connectivity index (χ1v) is 6.97. The summed E-state index contributed by atoms with van der Waals surface area (Å²) in [5.41, 5.74) is 0.909. The molecule has 0 fully saturated rings. The Morgan fingerprint density at radius 2 is 2.21 bits per heavy atom. The molecule has 19 heavy (non-hydrogen) atoms. The topological polar surface area (TPSA) is 80.0 Å². The zero-order chi connectivity index (χ0) is 13.8. The minimum Gasteiger partial charge on any atom is -0.476 e. The molecule has 6 nitrogen and oxygen atoms in total. The number of rotatable bonds is 5. The fourth-order valence-electron chi connectivity index (χ4n) is 1.44. The van der Waals surface area contributed by atoms with Crippen LogP contribution < -0.4 is 5.32 Å². The Morgan fingerprint density at radius 1 is 1.42 bits per heavy atom. The van der Waals surface area contributed by atoms with Crippen molar-refractivity contribution < 1.29 is 9.90 Å². The van der Waals surface area contributed by atoms with Gasteiger partial charge in [0.05, 0.1) is 12.7 Å². The van der Waals surface area contributed by atoms with Crippen molar-refractivity contribution in [2.75, 3.05) is 11.9 Å². The molecule has 0 spiro atoms. The van der Waals surface area contributed by atoms with Crippen molar-refractivity contribution in [2.24, 2.45) is 0 Å². The van der Waals surface area contributed by atoms with E-state index in [1.807, 2.05) is 18.2 Å². The van der Waals surface area contributed by atoms with Gasteiger partial charge in [-0.2, -0.15) is 0 Å². The Morgan fingerprint density at radius 3 is 2.84 bits per heavy atom. The fraction of sp³-hybridized carbons (Fsp3) is 0.182. The number of benzene rings is 1. The Balaban J connectivity index is 1.90. The standard InChI is InChI=1S/C11H10Br2N4O2/c12-7-1-2-9(8(13)5-7)14-3-4-17-6-10(11(18)19)15-16-17/h1-2,5-6,14H,3-4H2,(H,18,19). The van der Waals surface area contributed by atoms with Crippen molar-refractivity contribution in [1.29, 1.82) is 0 Å². The minimum atomic E-state index is -1.07. The van der Waals surface area contributed by atoms with E-state index in [0.29, 0.717) is 13.1 Å². The molecule has 0 aliphatic rings. The van der Waals surface area contributed by atoms with Gasteiger partial charge in [0.25, 0.3) is 0 Å². The second-order valence-electron chi connectivity index (χ2n) is 3.72. The van der Waals surface area contributed by atoms with E-state index in [9.17, 15) is 4.79 Å². The predicted octanol–water partition coefficient (Wildman–Crippen LogP) is 2.61. The third-order valence-electron chi connectivity index (χ3n) is 2.35. The van der Waals surface area contributed by atoms with Gasteiger partial charge in [0.2, 0.25) is 0 Å². The number of aromatic carboxylic acids is 1. The minimum absolute atomic E-state index is 0.0511. The van der Waals surface area contributed by atoms with Crippen LogP contribution in [0.25, 0.3) is 0 Å². The lowest BCUT2D eigenvalue weighted by Crippen LogP contribution is -2.11. The summed E-state index contributed by atoms with van der Waals surface area (Å²) in [5, 5.41) is 19.2. The molecule has 0 saturated heterocycles. The highest BCUT2D eigenvalue weighted by atomic mass is 79.9. The fourth-order valence-corrected chi connectivity index (χ4v) is 2.63. The Kier molecular flexibility index (Phi) is 4.54. The smallest absolute Gasteiger partial charge is 0.358 e. The van der Waals surface area contributed by atoms with Crippen LogP contribution in [0.4, 0.5) is 5.69 Å². The van der Waals surface area contributed by atoms with Crippen LogP contribution in [0.15, 0.2) is 33.3 Å². The zero-order valence-electron chi connectivity index (χ0n) is 9.68. The first-order chi connectivity index (χ1) is 9.06. The largest absolute Gasteiger partial charge is 0.476 e. The Bertz CT molecular complexity index is 600. The van der Waals surface area contributed by atoms with Gasteiger partial charge in [-0.15, -0.1) is 5.10 Å². The van der Waals surface area contributed by atoms with Crippen molar-refractivity contribution in [3.05, 3.63) is 39.0 Å². The van der Waals surface area contributed by atoms with Crippen molar-refractivity contribution in [3.8, 4) is 0 Å². The van der Waals surface area contributed by atoms with Crippen LogP contribution in [-0.2, 0) is 6.54 Å². The molecule has 100 valence electrons. The highest BCUT2D eigenvalue weighted by Crippen LogP contribution is 2.25. The number of anilines is 1. The van der Waals surface area contributed by atoms with Crippen LogP contribution >= 0.6 is 31.9 Å². The number of carboxylic acid groups (broad SMARTS) is 1. The molecular formula is C11H10Br2N4O2. The number of hydrogen-bond acceptors (Lipinski definition) is 4. The molecule has 0 amide bonds. The number of carboxylic acids is 1. The maximum Gasteiger partial charge on any atom is 0.358 e. The van der Waals surface area contributed by atoms with E-state index in [4.69, 9.17) is 5.11 Å². The summed E-state index contributed by atoms with van der Waals surface area (Å²) < 4.78 is 3.43. The summed E-state index contributed by atoms with van der Waals surface area (Å²) in [6, 6.07) is 5.82. The third kappa shape index (κ3) is 3.77. The predicted molar refractivity (Wildman–Crippen MR) is 77.3 cm³/mol. The molecule has 0 aliphatic carbocycles. The van der Waals surface area contributed by atoms with Gasteiger partial charge in [-0.25, -0.2) is 9.48 Å². The lowest BCUT2D eigenvalue weighted by atomic mass is 10.3. The number of nitrogens with one attached hydrogen (secondary N) is 1. The maximum absolute atomic E-state index is 10.6. The number of nitrogens with zero attached hydrogens (tertiary/aromatic N) is 3. The molecule has 2 aromatic rings. The highest BCUT2D eigenvalue weighted by Gasteiger charge is 2.07. The normalized spacial score (nSPS) is 10.4. The summed E-state index contributed by atoms with van der Waals surface area (Å²) in [5.74, 6) is -1.07. The molecule has 0 saturated carbocycles. The molecule has 8 heteroatoms. The van der Waals surface area contributed by atoms with Crippen LogP contribution in [0.1, 0.15) is 10.5 Å². The van der Waals surface area contributed by atoms with Crippen molar-refractivity contribution in [3.63, 3.8) is 0 Å². The lowest BCUT2D eigenvalue weighted by molar-refractivity contribution is 0.0690. The van der Waals surface area contributed by atoms with Gasteiger partial charge in [-0.05, 0) is 34.1 Å². The van der Waals surface area contributed by atoms with Crippen LogP contribution in [0.5, 0.6) is 0 Å². The molecule has 0 radical (unpaired) electrons. The van der Waals surface area contributed by atoms with E-state index in [-0.39, 0.29) is 5.69 Å². The van der Waals surface area contributed by atoms with E-state index in [2.05, 4.69) is 47.5 Å². The molecule has 2 rings (SSSR count). The molecule has 2 N–H and O–H groups in total. The van der Waals surface area contributed by atoms with Gasteiger partial charge in [0, 0.05) is 21.2 Å². The molecule has 0 bridgehead atoms.